The van der Waals surface area contributed by atoms with Crippen molar-refractivity contribution in [2.45, 2.75) is 42.8 Å². The molecule has 0 aromatic heterocycles. The molecule has 0 saturated carbocycles. The number of sulfone groups is 1. The van der Waals surface area contributed by atoms with Crippen LogP contribution in [0.5, 0.6) is 0 Å². The van der Waals surface area contributed by atoms with Crippen molar-refractivity contribution in [3.05, 3.63) is 132 Å². The van der Waals surface area contributed by atoms with Crippen LogP contribution in [-0.2, 0) is 25.8 Å². The Morgan fingerprint density at radius 3 is 2.40 bits per heavy atom. The molecule has 3 atom stereocenters. The van der Waals surface area contributed by atoms with Crippen molar-refractivity contribution >= 4 is 48.8 Å². The maximum atomic E-state index is 13.6. The summed E-state index contributed by atoms with van der Waals surface area (Å²) in [6, 6.07) is 32.6. The molecule has 8 nitrogen and oxygen atoms in total. The van der Waals surface area contributed by atoms with Gasteiger partial charge in [-0.3, -0.25) is 9.59 Å². The topological polar surface area (TPSA) is 114 Å². The van der Waals surface area contributed by atoms with Crippen molar-refractivity contribution in [2.24, 2.45) is 0 Å². The predicted molar refractivity (Wildman–Crippen MR) is 191 cm³/mol. The van der Waals surface area contributed by atoms with E-state index in [-0.39, 0.29) is 16.6 Å². The van der Waals surface area contributed by atoms with Gasteiger partial charge in [0.15, 0.2) is 15.6 Å². The summed E-state index contributed by atoms with van der Waals surface area (Å²) in [4.78, 5) is 27.3. The van der Waals surface area contributed by atoms with Gasteiger partial charge in [-0.15, -0.1) is 0 Å². The van der Waals surface area contributed by atoms with Crippen LogP contribution in [-0.4, -0.2) is 58.0 Å². The smallest absolute Gasteiger partial charge is 0.242 e. The van der Waals surface area contributed by atoms with Crippen LogP contribution in [0.2, 0.25) is 0 Å². The number of Topliss-reactive ketones (excluding diaryl/α,β-unsaturated/α-hetero) is 1. The van der Waals surface area contributed by atoms with Crippen LogP contribution >= 0.6 is 0 Å². The maximum absolute atomic E-state index is 13.6. The van der Waals surface area contributed by atoms with Crippen LogP contribution < -0.4 is 16.0 Å². The van der Waals surface area contributed by atoms with Crippen LogP contribution in [0.3, 0.4) is 0 Å². The lowest BCUT2D eigenvalue weighted by Gasteiger charge is -2.24. The van der Waals surface area contributed by atoms with Crippen molar-refractivity contribution in [1.29, 1.82) is 0 Å². The molecule has 1 heterocycles. The number of ether oxygens (including phenoxy) is 1. The van der Waals surface area contributed by atoms with Gasteiger partial charge in [0.05, 0.1) is 11.5 Å². The molecule has 1 unspecified atom stereocenters. The molecule has 0 radical (unpaired) electrons. The second-order valence-corrected chi connectivity index (χ2v) is 13.9. The minimum absolute atomic E-state index is 0.113. The number of hydrogen-bond acceptors (Lipinski definition) is 7. The van der Waals surface area contributed by atoms with Crippen LogP contribution in [0.4, 0.5) is 5.69 Å². The minimum Gasteiger partial charge on any atom is -0.374 e. The standard InChI is InChI=1S/C39H39N3O5S/c1-27(41-33-23-31-13-7-8-14-35(31)36(25-33)38(43)37-26-40-20-21-47-37)39(44)42-32(17-15-28-9-3-2-4-10-28)19-22-48(45,46)34-18-16-29-11-5-6-12-30(29)24-34/h2-14,16,18-19,22-25,27,32,37,40-41H,15,17,20-21,26H2,1H3,(H,42,44)/t27-,32-,37?/m0/s1. The highest BCUT2D eigenvalue weighted by molar-refractivity contribution is 7.94. The van der Waals surface area contributed by atoms with E-state index in [4.69, 9.17) is 4.74 Å². The molecule has 5 aromatic rings. The number of carbonyl (C=O) groups is 2. The van der Waals surface area contributed by atoms with Crippen molar-refractivity contribution in [1.82, 2.24) is 10.6 Å². The van der Waals surface area contributed by atoms with Gasteiger partial charge in [0.1, 0.15) is 12.1 Å². The van der Waals surface area contributed by atoms with Crippen molar-refractivity contribution in [3.63, 3.8) is 0 Å². The Morgan fingerprint density at radius 2 is 1.62 bits per heavy atom. The Kier molecular flexibility index (Phi) is 10.3. The molecule has 1 saturated heterocycles. The number of benzene rings is 5. The van der Waals surface area contributed by atoms with Crippen LogP contribution in [0, 0.1) is 0 Å². The molecule has 1 fully saturated rings. The second kappa shape index (κ2) is 14.9. The summed E-state index contributed by atoms with van der Waals surface area (Å²) < 4.78 is 32.5. The number of morpholine rings is 1. The zero-order chi connectivity index (χ0) is 33.5. The summed E-state index contributed by atoms with van der Waals surface area (Å²) in [6.07, 6.45) is 2.11. The van der Waals surface area contributed by atoms with E-state index in [1.54, 1.807) is 37.3 Å². The van der Waals surface area contributed by atoms with Crippen LogP contribution in [0.1, 0.15) is 29.3 Å². The third-order valence-electron chi connectivity index (χ3n) is 8.58. The highest BCUT2D eigenvalue weighted by Crippen LogP contribution is 2.27. The molecule has 1 aliphatic rings. The van der Waals surface area contributed by atoms with Crippen molar-refractivity contribution < 1.29 is 22.7 Å². The molecule has 0 bridgehead atoms. The van der Waals surface area contributed by atoms with Gasteiger partial charge in [-0.2, -0.15) is 0 Å². The maximum Gasteiger partial charge on any atom is 0.242 e. The minimum atomic E-state index is -3.77. The third-order valence-corrected chi connectivity index (χ3v) is 10.0. The first-order valence-corrected chi connectivity index (χ1v) is 17.7. The molecule has 6 rings (SSSR count). The van der Waals surface area contributed by atoms with Gasteiger partial charge < -0.3 is 20.7 Å². The fraction of sp³-hybridized carbons (Fsp3) is 0.231. The van der Waals surface area contributed by atoms with E-state index in [1.807, 2.05) is 84.9 Å². The molecule has 5 aromatic carbocycles. The van der Waals surface area contributed by atoms with Gasteiger partial charge in [-0.25, -0.2) is 8.42 Å². The highest BCUT2D eigenvalue weighted by Gasteiger charge is 2.26. The van der Waals surface area contributed by atoms with Gasteiger partial charge in [0, 0.05) is 35.8 Å². The number of fused-ring (bicyclic) bond motifs is 2. The number of amides is 1. The summed E-state index contributed by atoms with van der Waals surface area (Å²) in [5, 5.41) is 14.2. The second-order valence-electron chi connectivity index (χ2n) is 12.1. The number of hydrogen-bond donors (Lipinski definition) is 3. The third kappa shape index (κ3) is 7.99. The van der Waals surface area contributed by atoms with E-state index >= 15 is 0 Å². The fourth-order valence-corrected chi connectivity index (χ4v) is 7.04. The molecule has 1 aliphatic heterocycles. The number of aryl methyl sites for hydroxylation is 1. The van der Waals surface area contributed by atoms with Crippen molar-refractivity contribution in [2.75, 3.05) is 25.0 Å². The van der Waals surface area contributed by atoms with Crippen LogP contribution in [0.25, 0.3) is 21.5 Å². The first-order valence-electron chi connectivity index (χ1n) is 16.2. The van der Waals surface area contributed by atoms with Gasteiger partial charge in [0.25, 0.3) is 0 Å². The lowest BCUT2D eigenvalue weighted by atomic mass is 9.97. The zero-order valence-electron chi connectivity index (χ0n) is 26.8. The average Bonchev–Trinajstić information content (AvgIpc) is 3.12. The molecule has 0 aliphatic carbocycles. The Morgan fingerprint density at radius 1 is 0.896 bits per heavy atom. The average molecular weight is 662 g/mol. The van der Waals surface area contributed by atoms with Crippen LogP contribution in [0.15, 0.2) is 126 Å². The molecular weight excluding hydrogens is 623 g/mol. The van der Waals surface area contributed by atoms with Gasteiger partial charge >= 0.3 is 0 Å². The van der Waals surface area contributed by atoms with Gasteiger partial charge in [-0.05, 0) is 71.1 Å². The van der Waals surface area contributed by atoms with E-state index < -0.39 is 28.0 Å². The summed E-state index contributed by atoms with van der Waals surface area (Å²) >= 11 is 0. The number of anilines is 1. The largest absolute Gasteiger partial charge is 0.374 e. The van der Waals surface area contributed by atoms with E-state index in [1.165, 1.54) is 5.41 Å². The van der Waals surface area contributed by atoms with Gasteiger partial charge in [-0.1, -0.05) is 91.0 Å². The zero-order valence-corrected chi connectivity index (χ0v) is 27.6. The number of rotatable bonds is 12. The highest BCUT2D eigenvalue weighted by atomic mass is 32.2. The summed E-state index contributed by atoms with van der Waals surface area (Å²) in [7, 11) is -3.77. The van der Waals surface area contributed by atoms with E-state index in [9.17, 15) is 18.0 Å². The Bertz CT molecular complexity index is 2060. The van der Waals surface area contributed by atoms with E-state index in [0.29, 0.717) is 43.8 Å². The van der Waals surface area contributed by atoms with Crippen molar-refractivity contribution in [3.8, 4) is 0 Å². The van der Waals surface area contributed by atoms with E-state index in [2.05, 4.69) is 16.0 Å². The lowest BCUT2D eigenvalue weighted by Crippen LogP contribution is -2.43. The quantitative estimate of drug-likeness (QED) is 0.139. The summed E-state index contributed by atoms with van der Waals surface area (Å²) in [6.45, 7) is 3.35. The Balaban J connectivity index is 1.20. The molecule has 48 heavy (non-hydrogen) atoms. The SMILES string of the molecule is C[C@H](Nc1cc(C(=O)C2CNCCO2)c2ccccc2c1)C(=O)N[C@H](C=CS(=O)(=O)c1ccc2ccccc2c1)CCc1ccccc1. The van der Waals surface area contributed by atoms with E-state index in [0.717, 1.165) is 27.1 Å². The molecule has 246 valence electrons. The fourth-order valence-electron chi connectivity index (χ4n) is 5.93. The summed E-state index contributed by atoms with van der Waals surface area (Å²) in [5.41, 5.74) is 2.23. The first-order chi connectivity index (χ1) is 23.3. The van der Waals surface area contributed by atoms with Gasteiger partial charge in [0.2, 0.25) is 5.91 Å². The molecule has 1 amide bonds. The lowest BCUT2D eigenvalue weighted by molar-refractivity contribution is -0.121. The monoisotopic (exact) mass is 661 g/mol. The Labute approximate surface area is 281 Å². The molecular formula is C39H39N3O5S. The molecule has 3 N–H and O–H groups in total. The summed E-state index contributed by atoms with van der Waals surface area (Å²) in [5.74, 6) is -0.417. The number of carbonyl (C=O) groups excluding carboxylic acids is 2. The first kappa shape index (κ1) is 33.1. The molecule has 0 spiro atoms. The molecule has 9 heteroatoms. The Hall–Kier alpha value is -4.83. The normalized spacial score (nSPS) is 16.5. The number of nitrogens with one attached hydrogen (secondary N) is 3. The predicted octanol–water partition coefficient (Wildman–Crippen LogP) is 6.07. The number of ketones is 1.